The first-order valence-electron chi connectivity index (χ1n) is 7.67. The predicted molar refractivity (Wildman–Crippen MR) is 89.9 cm³/mol. The van der Waals surface area contributed by atoms with Crippen molar-refractivity contribution in [2.45, 2.75) is 33.0 Å². The lowest BCUT2D eigenvalue weighted by molar-refractivity contribution is -0.144. The molecule has 0 aliphatic carbocycles. The molecule has 1 N–H and O–H groups in total. The maximum Gasteiger partial charge on any atom is 0.433 e. The van der Waals surface area contributed by atoms with Gasteiger partial charge in [-0.15, -0.1) is 0 Å². The molecule has 1 amide bonds. The van der Waals surface area contributed by atoms with E-state index in [-0.39, 0.29) is 11.7 Å². The number of anilines is 1. The van der Waals surface area contributed by atoms with E-state index in [0.29, 0.717) is 5.52 Å². The second-order valence-electron chi connectivity index (χ2n) is 5.35. The molecule has 0 saturated heterocycles. The van der Waals surface area contributed by atoms with E-state index in [1.807, 2.05) is 25.1 Å². The first kappa shape index (κ1) is 17.4. The molecule has 2 aromatic heterocycles. The van der Waals surface area contributed by atoms with Crippen molar-refractivity contribution in [2.75, 3.05) is 5.32 Å². The third-order valence-electron chi connectivity index (χ3n) is 3.73. The number of rotatable bonds is 4. The van der Waals surface area contributed by atoms with E-state index >= 15 is 0 Å². The second kappa shape index (κ2) is 6.47. The quantitative estimate of drug-likeness (QED) is 0.745. The summed E-state index contributed by atoms with van der Waals surface area (Å²) >= 11 is 1.22. The number of hydrogen-bond acceptors (Lipinski definition) is 4. The highest BCUT2D eigenvalue weighted by Crippen LogP contribution is 2.33. The van der Waals surface area contributed by atoms with E-state index in [1.165, 1.54) is 18.3 Å². The smallest absolute Gasteiger partial charge is 0.298 e. The molecule has 0 fully saturated rings. The Morgan fingerprint density at radius 3 is 2.72 bits per heavy atom. The summed E-state index contributed by atoms with van der Waals surface area (Å²) in [6.45, 7) is 3.57. The molecule has 0 saturated carbocycles. The van der Waals surface area contributed by atoms with Crippen molar-refractivity contribution in [2.24, 2.45) is 0 Å². The third-order valence-corrected chi connectivity index (χ3v) is 4.67. The normalized spacial score (nSPS) is 11.9. The summed E-state index contributed by atoms with van der Waals surface area (Å²) in [7, 11) is 0. The Bertz CT molecular complexity index is 929. The lowest BCUT2D eigenvalue weighted by Crippen LogP contribution is -2.20. The van der Waals surface area contributed by atoms with Gasteiger partial charge in [0.15, 0.2) is 10.8 Å². The van der Waals surface area contributed by atoms with Crippen molar-refractivity contribution in [1.82, 2.24) is 14.8 Å². The topological polar surface area (TPSA) is 59.8 Å². The molecule has 0 radical (unpaired) electrons. The molecule has 5 nitrogen and oxygen atoms in total. The molecule has 0 aliphatic heterocycles. The first-order valence-corrected chi connectivity index (χ1v) is 8.49. The summed E-state index contributed by atoms with van der Waals surface area (Å²) in [4.78, 5) is 16.6. The van der Waals surface area contributed by atoms with Gasteiger partial charge < -0.3 is 0 Å². The Morgan fingerprint density at radius 2 is 2.08 bits per heavy atom. The zero-order chi connectivity index (χ0) is 18.2. The van der Waals surface area contributed by atoms with Crippen molar-refractivity contribution < 1.29 is 18.0 Å². The average Bonchev–Trinajstić information content (AvgIpc) is 3.16. The third kappa shape index (κ3) is 3.37. The Labute approximate surface area is 145 Å². The summed E-state index contributed by atoms with van der Waals surface area (Å²) in [5.74, 6) is -0.873. The number of hydrogen-bond donors (Lipinski definition) is 1. The minimum Gasteiger partial charge on any atom is -0.298 e. The highest BCUT2D eigenvalue weighted by atomic mass is 32.1. The zero-order valence-electron chi connectivity index (χ0n) is 13.5. The maximum atomic E-state index is 13.2. The number of carbonyl (C=O) groups excluding carboxylic acids is 1. The Kier molecular flexibility index (Phi) is 4.51. The molecule has 0 atom stereocenters. The number of aryl methyl sites for hydroxylation is 2. The van der Waals surface area contributed by atoms with Crippen LogP contribution in [0.1, 0.15) is 35.5 Å². The number of alkyl halides is 3. The van der Waals surface area contributed by atoms with Crippen LogP contribution < -0.4 is 5.32 Å². The monoisotopic (exact) mass is 368 g/mol. The van der Waals surface area contributed by atoms with Crippen LogP contribution in [0.5, 0.6) is 0 Å². The van der Waals surface area contributed by atoms with E-state index < -0.39 is 23.3 Å². The molecular formula is C16H15F3N4OS. The van der Waals surface area contributed by atoms with Gasteiger partial charge in [-0.25, -0.2) is 4.98 Å². The number of halogens is 3. The molecule has 0 bridgehead atoms. The van der Waals surface area contributed by atoms with Gasteiger partial charge in [-0.05, 0) is 31.0 Å². The minimum absolute atomic E-state index is 0.0169. The fourth-order valence-corrected chi connectivity index (χ4v) is 3.42. The Morgan fingerprint density at radius 1 is 1.32 bits per heavy atom. The Balaban J connectivity index is 1.91. The number of nitrogens with one attached hydrogen (secondary N) is 1. The molecule has 0 unspecified atom stereocenters. The Hall–Kier alpha value is -2.42. The lowest BCUT2D eigenvalue weighted by atomic mass is 10.2. The van der Waals surface area contributed by atoms with Crippen LogP contribution in [0.4, 0.5) is 18.3 Å². The number of amides is 1. The van der Waals surface area contributed by atoms with Crippen molar-refractivity contribution in [3.05, 3.63) is 41.2 Å². The largest absolute Gasteiger partial charge is 0.433 e. The van der Waals surface area contributed by atoms with Crippen molar-refractivity contribution >= 4 is 32.6 Å². The predicted octanol–water partition coefficient (Wildman–Crippen LogP) is 4.35. The van der Waals surface area contributed by atoms with E-state index in [9.17, 15) is 18.0 Å². The van der Waals surface area contributed by atoms with E-state index in [4.69, 9.17) is 0 Å². The van der Waals surface area contributed by atoms with Crippen LogP contribution >= 0.6 is 11.3 Å². The fraction of sp³-hybridized carbons (Fsp3) is 0.312. The number of nitrogens with zero attached hydrogens (tertiary/aromatic N) is 3. The summed E-state index contributed by atoms with van der Waals surface area (Å²) < 4.78 is 41.3. The summed E-state index contributed by atoms with van der Waals surface area (Å²) in [6.07, 6.45) is -2.87. The van der Waals surface area contributed by atoms with Gasteiger partial charge in [-0.2, -0.15) is 18.3 Å². The van der Waals surface area contributed by atoms with Gasteiger partial charge >= 0.3 is 6.18 Å². The number of benzene rings is 1. The minimum atomic E-state index is -4.66. The van der Waals surface area contributed by atoms with E-state index in [0.717, 1.165) is 27.6 Å². The molecule has 25 heavy (non-hydrogen) atoms. The SMILES string of the molecule is CCc1ccc2nc(NC(=O)c3cnn(CC)c3C(F)(F)F)sc2c1. The van der Waals surface area contributed by atoms with Gasteiger partial charge in [-0.1, -0.05) is 24.3 Å². The first-order chi connectivity index (χ1) is 11.8. The van der Waals surface area contributed by atoms with Crippen LogP contribution in [0.15, 0.2) is 24.4 Å². The van der Waals surface area contributed by atoms with Gasteiger partial charge in [0, 0.05) is 6.54 Å². The highest BCUT2D eigenvalue weighted by molar-refractivity contribution is 7.22. The van der Waals surface area contributed by atoms with Gasteiger partial charge in [-0.3, -0.25) is 14.8 Å². The van der Waals surface area contributed by atoms with Crippen LogP contribution in [-0.2, 0) is 19.1 Å². The molecule has 3 aromatic rings. The van der Waals surface area contributed by atoms with Crippen molar-refractivity contribution in [3.63, 3.8) is 0 Å². The summed E-state index contributed by atoms with van der Waals surface area (Å²) in [6, 6.07) is 5.72. The highest BCUT2D eigenvalue weighted by Gasteiger charge is 2.39. The zero-order valence-corrected chi connectivity index (χ0v) is 14.3. The van der Waals surface area contributed by atoms with Gasteiger partial charge in [0.1, 0.15) is 0 Å². The van der Waals surface area contributed by atoms with Crippen LogP contribution in [0.3, 0.4) is 0 Å². The second-order valence-corrected chi connectivity index (χ2v) is 6.38. The average molecular weight is 368 g/mol. The number of carbonyl (C=O) groups is 1. The molecule has 0 spiro atoms. The molecule has 0 aliphatic rings. The molecule has 2 heterocycles. The standard InChI is InChI=1S/C16H15F3N4OS/c1-3-9-5-6-11-12(7-9)25-15(21-11)22-14(24)10-8-20-23(4-2)13(10)16(17,18)19/h5-8H,3-4H2,1-2H3,(H,21,22,24). The van der Waals surface area contributed by atoms with Gasteiger partial charge in [0.2, 0.25) is 0 Å². The molecular weight excluding hydrogens is 353 g/mol. The van der Waals surface area contributed by atoms with E-state index in [1.54, 1.807) is 0 Å². The van der Waals surface area contributed by atoms with Crippen LogP contribution in [0.2, 0.25) is 0 Å². The fourth-order valence-electron chi connectivity index (χ4n) is 2.50. The summed E-state index contributed by atoms with van der Waals surface area (Å²) in [5.41, 5.74) is 0.250. The molecule has 9 heteroatoms. The number of thiazole rings is 1. The number of aromatic nitrogens is 3. The van der Waals surface area contributed by atoms with E-state index in [2.05, 4.69) is 15.4 Å². The van der Waals surface area contributed by atoms with Crippen LogP contribution in [0.25, 0.3) is 10.2 Å². The van der Waals surface area contributed by atoms with Crippen LogP contribution in [0, 0.1) is 0 Å². The van der Waals surface area contributed by atoms with Gasteiger partial charge in [0.25, 0.3) is 5.91 Å². The summed E-state index contributed by atoms with van der Waals surface area (Å²) in [5, 5.41) is 6.35. The maximum absolute atomic E-state index is 13.2. The molecule has 132 valence electrons. The van der Waals surface area contributed by atoms with Crippen LogP contribution in [-0.4, -0.2) is 20.7 Å². The molecule has 3 rings (SSSR count). The van der Waals surface area contributed by atoms with Gasteiger partial charge in [0.05, 0.1) is 22.0 Å². The number of fused-ring (bicyclic) bond motifs is 1. The van der Waals surface area contributed by atoms with Crippen molar-refractivity contribution in [3.8, 4) is 0 Å². The molecule has 1 aromatic carbocycles. The lowest BCUT2D eigenvalue weighted by Gasteiger charge is -2.10. The van der Waals surface area contributed by atoms with Crippen molar-refractivity contribution in [1.29, 1.82) is 0 Å².